The molecule has 486 valence electrons. The molecule has 3 amide bonds. The number of ether oxygens (including phenoxy) is 4. The van der Waals surface area contributed by atoms with Crippen molar-refractivity contribution in [1.82, 2.24) is 74.1 Å². The van der Waals surface area contributed by atoms with Gasteiger partial charge in [0, 0.05) is 114 Å². The Kier molecular flexibility index (Phi) is 24.4. The van der Waals surface area contributed by atoms with Gasteiger partial charge in [0.1, 0.15) is 54.9 Å². The molecule has 0 aromatic carbocycles. The van der Waals surface area contributed by atoms with Crippen LogP contribution < -0.4 is 5.32 Å². The average Bonchev–Trinajstić information content (AvgIpc) is 1.78. The number of aliphatic carboxylic acids is 1. The maximum absolute atomic E-state index is 12.3. The second kappa shape index (κ2) is 31.0. The summed E-state index contributed by atoms with van der Waals surface area (Å²) in [7, 11) is 0. The number of carboxylic acids is 1. The summed E-state index contributed by atoms with van der Waals surface area (Å²) in [6, 6.07) is 2.95. The van der Waals surface area contributed by atoms with Crippen molar-refractivity contribution in [3.05, 3.63) is 38.0 Å². The van der Waals surface area contributed by atoms with Gasteiger partial charge in [0.15, 0.2) is 0 Å². The summed E-state index contributed by atoms with van der Waals surface area (Å²) < 4.78 is 26.1. The van der Waals surface area contributed by atoms with Gasteiger partial charge in [0.05, 0.1) is 31.3 Å². The minimum Gasteiger partial charge on any atom is -0.481 e. The van der Waals surface area contributed by atoms with E-state index >= 15 is 0 Å². The van der Waals surface area contributed by atoms with Gasteiger partial charge in [-0.1, -0.05) is 0 Å². The number of likely N-dealkylation sites (tertiary alicyclic amines) is 5. The van der Waals surface area contributed by atoms with Crippen LogP contribution in [0.5, 0.6) is 0 Å². The number of carbonyl (C=O) groups excluding carboxylic acids is 5. The number of carboxylic acid groups (broad SMARTS) is 1. The standard InChI is InChI=1S/C19H31N5O2.C17H27N5O2.C12H19NO3.C7H12N4.C3H5ClO2.C2H4O2/c1-18(2,3)26-17(25)23-9-6-19(12-23)10-16(11-19)22-7-4-15(5-8-22)24-14-20-13-21-24;1-2-24-16(23)21-8-5-17(11-21)9-15(10-17)20-6-3-14(4-7-20)22-13-18-12-19-22;1-11(2,3)16-10(15)13-5-4-12(8-13)6-9(14)7-12;1-3-8-4-2-7(1)11-6-9-5-10-11;1-2-6-3(4)5;1-2(3)4/h13-16H,4-12H2,1-3H3;12-15H,2-11H2,1H3;4-8H2,1-3H3;5-8H,1-4H2;2H2,1H3;1H3,(H,3,4). The van der Waals surface area contributed by atoms with Crippen LogP contribution in [-0.4, -0.2) is 224 Å². The summed E-state index contributed by atoms with van der Waals surface area (Å²) in [5.41, 5.74) is -0.804. The minimum atomic E-state index is -0.833. The van der Waals surface area contributed by atoms with Crippen LogP contribution in [0.4, 0.5) is 19.2 Å². The lowest BCUT2D eigenvalue weighted by atomic mass is 9.64. The highest BCUT2D eigenvalue weighted by molar-refractivity contribution is 6.61. The molecule has 3 spiro atoms. The quantitative estimate of drug-likeness (QED) is 0.166. The normalized spacial score (nSPS) is 25.5. The van der Waals surface area contributed by atoms with E-state index in [4.69, 9.17) is 35.7 Å². The summed E-state index contributed by atoms with van der Waals surface area (Å²) in [6.07, 6.45) is 26.1. The van der Waals surface area contributed by atoms with Crippen molar-refractivity contribution in [1.29, 1.82) is 0 Å². The molecule has 26 nitrogen and oxygen atoms in total. The number of rotatable bonds is 7. The van der Waals surface area contributed by atoms with Crippen molar-refractivity contribution in [2.75, 3.05) is 91.8 Å². The van der Waals surface area contributed by atoms with Crippen molar-refractivity contribution >= 4 is 47.1 Å². The summed E-state index contributed by atoms with van der Waals surface area (Å²) in [5.74, 6) is -0.508. The van der Waals surface area contributed by atoms with Crippen LogP contribution in [0.3, 0.4) is 0 Å². The first-order valence-electron chi connectivity index (χ1n) is 31.4. The van der Waals surface area contributed by atoms with Gasteiger partial charge >= 0.3 is 23.7 Å². The first kappa shape index (κ1) is 68.5. The van der Waals surface area contributed by atoms with E-state index in [2.05, 4.69) is 50.1 Å². The van der Waals surface area contributed by atoms with Gasteiger partial charge in [0.2, 0.25) is 0 Å². The third kappa shape index (κ3) is 20.5. The number of nitrogens with one attached hydrogen (secondary N) is 1. The monoisotopic (exact) mass is 1240 g/mol. The summed E-state index contributed by atoms with van der Waals surface area (Å²) in [6.45, 7) is 28.5. The molecule has 0 unspecified atom stereocenters. The molecule has 3 aromatic rings. The van der Waals surface area contributed by atoms with E-state index in [1.165, 1.54) is 38.5 Å². The van der Waals surface area contributed by atoms with Crippen molar-refractivity contribution in [2.45, 2.75) is 200 Å². The first-order chi connectivity index (χ1) is 41.3. The Morgan fingerprint density at radius 1 is 0.552 bits per heavy atom. The molecule has 9 fully saturated rings. The fraction of sp³-hybridized carbons (Fsp3) is 0.800. The molecular weight excluding hydrogens is 1140 g/mol. The number of amides is 3. The van der Waals surface area contributed by atoms with Gasteiger partial charge in [-0.05, 0) is 163 Å². The summed E-state index contributed by atoms with van der Waals surface area (Å²) >= 11 is 4.72. The van der Waals surface area contributed by atoms with E-state index < -0.39 is 22.6 Å². The Labute approximate surface area is 518 Å². The van der Waals surface area contributed by atoms with Gasteiger partial charge in [0.25, 0.3) is 5.97 Å². The lowest BCUT2D eigenvalue weighted by Crippen LogP contribution is -2.54. The van der Waals surface area contributed by atoms with Crippen molar-refractivity contribution in [3.63, 3.8) is 0 Å². The fourth-order valence-corrected chi connectivity index (χ4v) is 13.8. The second-order valence-corrected chi connectivity index (χ2v) is 27.3. The largest absolute Gasteiger partial charge is 0.481 e. The van der Waals surface area contributed by atoms with E-state index in [0.29, 0.717) is 79.4 Å². The van der Waals surface area contributed by atoms with Crippen LogP contribution in [0.1, 0.15) is 177 Å². The maximum Gasteiger partial charge on any atom is 0.410 e. The molecule has 3 aromatic heterocycles. The van der Waals surface area contributed by atoms with Gasteiger partial charge in [-0.2, -0.15) is 15.3 Å². The lowest BCUT2D eigenvalue weighted by Gasteiger charge is -2.51. The molecule has 0 bridgehead atoms. The molecule has 9 aliphatic rings. The van der Waals surface area contributed by atoms with Crippen LogP contribution in [0.25, 0.3) is 0 Å². The zero-order valence-corrected chi connectivity index (χ0v) is 53.8. The van der Waals surface area contributed by atoms with Gasteiger partial charge in [-0.3, -0.25) is 9.59 Å². The SMILES string of the molecule is CC(=O)O.CC(C)(C)OC(=O)N1CCC2(CC(=O)C2)C1.CC(C)(C)OC(=O)N1CCC2(CC(N3CCC(n4cncn4)CC3)C2)C1.CCOC(=O)Cl.CCOC(=O)N1CCC2(CC(N3CCC(n4cncn4)CC3)C2)C1.c1ncn(C2CCNCC2)n1. The third-order valence-corrected chi connectivity index (χ3v) is 18.1. The number of halogens is 1. The van der Waals surface area contributed by atoms with Gasteiger partial charge < -0.3 is 53.9 Å². The molecule has 3 saturated carbocycles. The highest BCUT2D eigenvalue weighted by Crippen LogP contribution is 2.52. The maximum atomic E-state index is 12.3. The number of Topliss-reactive ketones (excluding diaryl/α,β-unsaturated/α-hetero) is 1. The van der Waals surface area contributed by atoms with Crippen LogP contribution in [-0.2, 0) is 28.5 Å². The Morgan fingerprint density at radius 2 is 0.897 bits per heavy atom. The summed E-state index contributed by atoms with van der Waals surface area (Å²) in [5, 5.41) is 23.4. The molecule has 6 saturated heterocycles. The fourth-order valence-electron chi connectivity index (χ4n) is 13.7. The minimum absolute atomic E-state index is 0.0913. The molecule has 6 aliphatic heterocycles. The number of aromatic nitrogens is 9. The van der Waals surface area contributed by atoms with E-state index in [9.17, 15) is 24.0 Å². The molecule has 9 heterocycles. The first-order valence-corrected chi connectivity index (χ1v) is 31.8. The lowest BCUT2D eigenvalue weighted by molar-refractivity contribution is -0.134. The Balaban J connectivity index is 0.000000163. The van der Waals surface area contributed by atoms with Crippen molar-refractivity contribution in [3.8, 4) is 0 Å². The predicted molar refractivity (Wildman–Crippen MR) is 323 cm³/mol. The van der Waals surface area contributed by atoms with E-state index in [-0.39, 0.29) is 23.7 Å². The second-order valence-electron chi connectivity index (χ2n) is 27.0. The molecule has 0 radical (unpaired) electrons. The van der Waals surface area contributed by atoms with Crippen LogP contribution in [0, 0.1) is 16.2 Å². The molecule has 2 N–H and O–H groups in total. The number of ketones is 1. The Bertz CT molecular complexity index is 2610. The topological polar surface area (TPSA) is 280 Å². The number of carbonyl (C=O) groups is 6. The number of nitrogens with zero attached hydrogens (tertiary/aromatic N) is 14. The molecule has 0 atom stereocenters. The highest BCUT2D eigenvalue weighted by atomic mass is 35.5. The number of piperidine rings is 3. The smallest absolute Gasteiger partial charge is 0.410 e. The van der Waals surface area contributed by atoms with Crippen LogP contribution >= 0.6 is 11.6 Å². The van der Waals surface area contributed by atoms with E-state index in [1.807, 2.05) is 85.0 Å². The number of hydrogen-bond acceptors (Lipinski definition) is 19. The third-order valence-electron chi connectivity index (χ3n) is 18.0. The van der Waals surface area contributed by atoms with Gasteiger partial charge in [-0.15, -0.1) is 0 Å². The summed E-state index contributed by atoms with van der Waals surface area (Å²) in [4.78, 5) is 88.5. The number of hydrogen-bond donors (Lipinski definition) is 2. The average molecular weight is 1240 g/mol. The Hall–Kier alpha value is -5.99. The molecule has 12 rings (SSSR count). The predicted octanol–water partition coefficient (Wildman–Crippen LogP) is 8.28. The van der Waals surface area contributed by atoms with E-state index in [1.54, 1.807) is 37.1 Å². The molecular formula is C60H98ClN15O11. The van der Waals surface area contributed by atoms with Crippen LogP contribution in [0.15, 0.2) is 38.0 Å². The highest BCUT2D eigenvalue weighted by Gasteiger charge is 2.53. The van der Waals surface area contributed by atoms with Crippen LogP contribution in [0.2, 0.25) is 0 Å². The van der Waals surface area contributed by atoms with Crippen molar-refractivity contribution in [2.24, 2.45) is 16.2 Å². The zero-order chi connectivity index (χ0) is 63.0. The molecule has 27 heteroatoms. The van der Waals surface area contributed by atoms with Gasteiger partial charge in [-0.25, -0.2) is 48.2 Å². The van der Waals surface area contributed by atoms with E-state index in [0.717, 1.165) is 124 Å². The Morgan fingerprint density at radius 3 is 1.21 bits per heavy atom. The molecule has 3 aliphatic carbocycles. The van der Waals surface area contributed by atoms with Crippen molar-refractivity contribution < 1.29 is 52.8 Å². The zero-order valence-electron chi connectivity index (χ0n) is 53.0. The molecule has 87 heavy (non-hydrogen) atoms.